The SMILES string of the molecule is CC(=O)OCC12CCC(C1)C1CCCC12. The summed E-state index contributed by atoms with van der Waals surface area (Å²) in [5, 5.41) is 0. The Hall–Kier alpha value is -0.530. The molecular formula is C13H20O2. The lowest BCUT2D eigenvalue weighted by Gasteiger charge is -2.35. The van der Waals surface area contributed by atoms with Crippen LogP contribution in [0.15, 0.2) is 0 Å². The summed E-state index contributed by atoms with van der Waals surface area (Å²) in [5.41, 5.74) is 0.400. The standard InChI is InChI=1S/C13H20O2/c1-9(14)15-8-13-6-5-10(7-13)11-3-2-4-12(11)13/h10-12H,2-8H2,1H3. The summed E-state index contributed by atoms with van der Waals surface area (Å²) in [6.45, 7) is 2.24. The molecule has 0 aromatic carbocycles. The number of hydrogen-bond acceptors (Lipinski definition) is 2. The molecule has 0 aromatic rings. The molecule has 2 heteroatoms. The molecule has 2 nitrogen and oxygen atoms in total. The second-order valence-corrected chi connectivity index (χ2v) is 5.85. The number of esters is 1. The van der Waals surface area contributed by atoms with E-state index in [2.05, 4.69) is 0 Å². The van der Waals surface area contributed by atoms with Crippen molar-refractivity contribution in [2.75, 3.05) is 6.61 Å². The summed E-state index contributed by atoms with van der Waals surface area (Å²) < 4.78 is 5.32. The number of hydrogen-bond donors (Lipinski definition) is 0. The molecule has 0 spiro atoms. The van der Waals surface area contributed by atoms with Crippen molar-refractivity contribution in [3.05, 3.63) is 0 Å². The Kier molecular flexibility index (Phi) is 2.08. The zero-order chi connectivity index (χ0) is 10.5. The van der Waals surface area contributed by atoms with E-state index >= 15 is 0 Å². The topological polar surface area (TPSA) is 26.3 Å². The van der Waals surface area contributed by atoms with Crippen molar-refractivity contribution in [2.24, 2.45) is 23.2 Å². The van der Waals surface area contributed by atoms with Crippen LogP contribution in [-0.2, 0) is 9.53 Å². The Bertz CT molecular complexity index is 286. The van der Waals surface area contributed by atoms with Gasteiger partial charge in [-0.05, 0) is 49.9 Å². The third-order valence-electron chi connectivity index (χ3n) is 5.21. The second-order valence-electron chi connectivity index (χ2n) is 5.85. The van der Waals surface area contributed by atoms with Gasteiger partial charge in [0.2, 0.25) is 0 Å². The Labute approximate surface area is 91.4 Å². The molecule has 0 amide bonds. The number of rotatable bonds is 2. The smallest absolute Gasteiger partial charge is 0.302 e. The molecule has 3 fully saturated rings. The molecule has 0 N–H and O–H groups in total. The molecule has 0 aliphatic heterocycles. The minimum atomic E-state index is -0.103. The fraction of sp³-hybridized carbons (Fsp3) is 0.923. The van der Waals surface area contributed by atoms with Gasteiger partial charge in [0, 0.05) is 12.3 Å². The predicted molar refractivity (Wildman–Crippen MR) is 57.2 cm³/mol. The molecule has 3 rings (SSSR count). The summed E-state index contributed by atoms with van der Waals surface area (Å²) in [7, 11) is 0. The molecular weight excluding hydrogens is 188 g/mol. The first-order valence-electron chi connectivity index (χ1n) is 6.35. The Morgan fingerprint density at radius 1 is 1.40 bits per heavy atom. The van der Waals surface area contributed by atoms with Gasteiger partial charge in [0.15, 0.2) is 0 Å². The Morgan fingerprint density at radius 2 is 2.27 bits per heavy atom. The van der Waals surface area contributed by atoms with Gasteiger partial charge >= 0.3 is 5.97 Å². The van der Waals surface area contributed by atoms with Crippen molar-refractivity contribution >= 4 is 5.97 Å². The van der Waals surface area contributed by atoms with Crippen LogP contribution in [0, 0.1) is 23.2 Å². The summed E-state index contributed by atoms with van der Waals surface area (Å²) in [5.74, 6) is 2.73. The van der Waals surface area contributed by atoms with Crippen LogP contribution in [0.3, 0.4) is 0 Å². The monoisotopic (exact) mass is 208 g/mol. The fourth-order valence-corrected chi connectivity index (χ4v) is 4.70. The summed E-state index contributed by atoms with van der Waals surface area (Å²) >= 11 is 0. The summed E-state index contributed by atoms with van der Waals surface area (Å²) in [6.07, 6.45) is 8.29. The predicted octanol–water partition coefficient (Wildman–Crippen LogP) is 2.77. The summed E-state index contributed by atoms with van der Waals surface area (Å²) in [6, 6.07) is 0. The van der Waals surface area contributed by atoms with E-state index in [0.29, 0.717) is 12.0 Å². The molecule has 84 valence electrons. The van der Waals surface area contributed by atoms with E-state index < -0.39 is 0 Å². The molecule has 0 radical (unpaired) electrons. The second kappa shape index (κ2) is 3.23. The maximum Gasteiger partial charge on any atom is 0.302 e. The van der Waals surface area contributed by atoms with E-state index in [0.717, 1.165) is 17.8 Å². The lowest BCUT2D eigenvalue weighted by atomic mass is 9.72. The molecule has 2 bridgehead atoms. The Balaban J connectivity index is 1.76. The normalized spacial score (nSPS) is 46.9. The molecule has 4 unspecified atom stereocenters. The van der Waals surface area contributed by atoms with Crippen molar-refractivity contribution in [1.29, 1.82) is 0 Å². The van der Waals surface area contributed by atoms with Gasteiger partial charge in [-0.25, -0.2) is 0 Å². The van der Waals surface area contributed by atoms with Crippen LogP contribution in [0.5, 0.6) is 0 Å². The van der Waals surface area contributed by atoms with Crippen molar-refractivity contribution < 1.29 is 9.53 Å². The zero-order valence-electron chi connectivity index (χ0n) is 9.50. The first-order chi connectivity index (χ1) is 7.21. The van der Waals surface area contributed by atoms with Crippen LogP contribution in [0.1, 0.15) is 45.4 Å². The highest BCUT2D eigenvalue weighted by Gasteiger charge is 2.58. The van der Waals surface area contributed by atoms with Crippen LogP contribution in [-0.4, -0.2) is 12.6 Å². The summed E-state index contributed by atoms with van der Waals surface area (Å²) in [4.78, 5) is 10.9. The minimum Gasteiger partial charge on any atom is -0.465 e. The Morgan fingerprint density at radius 3 is 3.07 bits per heavy atom. The highest BCUT2D eigenvalue weighted by molar-refractivity contribution is 5.65. The quantitative estimate of drug-likeness (QED) is 0.652. The number of carbonyl (C=O) groups excluding carboxylic acids is 1. The largest absolute Gasteiger partial charge is 0.465 e. The molecule has 0 heterocycles. The first-order valence-corrected chi connectivity index (χ1v) is 6.35. The van der Waals surface area contributed by atoms with Crippen molar-refractivity contribution in [1.82, 2.24) is 0 Å². The van der Waals surface area contributed by atoms with Gasteiger partial charge in [-0.1, -0.05) is 6.42 Å². The van der Waals surface area contributed by atoms with Gasteiger partial charge < -0.3 is 4.74 Å². The third kappa shape index (κ3) is 1.33. The zero-order valence-corrected chi connectivity index (χ0v) is 9.50. The molecule has 3 saturated carbocycles. The van der Waals surface area contributed by atoms with Crippen molar-refractivity contribution in [3.63, 3.8) is 0 Å². The van der Waals surface area contributed by atoms with E-state index in [4.69, 9.17) is 4.74 Å². The van der Waals surface area contributed by atoms with Gasteiger partial charge in [-0.2, -0.15) is 0 Å². The first kappa shape index (κ1) is 9.68. The van der Waals surface area contributed by atoms with E-state index in [-0.39, 0.29) is 5.97 Å². The van der Waals surface area contributed by atoms with Crippen LogP contribution in [0.25, 0.3) is 0 Å². The van der Waals surface area contributed by atoms with Gasteiger partial charge in [0.1, 0.15) is 0 Å². The molecule has 0 aromatic heterocycles. The van der Waals surface area contributed by atoms with Gasteiger partial charge in [0.25, 0.3) is 0 Å². The lowest BCUT2D eigenvalue weighted by Crippen LogP contribution is -2.32. The molecule has 15 heavy (non-hydrogen) atoms. The van der Waals surface area contributed by atoms with Crippen molar-refractivity contribution in [2.45, 2.75) is 45.4 Å². The number of ether oxygens (including phenoxy) is 1. The molecule has 3 aliphatic carbocycles. The van der Waals surface area contributed by atoms with Crippen LogP contribution < -0.4 is 0 Å². The highest BCUT2D eigenvalue weighted by Crippen LogP contribution is 2.65. The van der Waals surface area contributed by atoms with E-state index in [1.165, 1.54) is 45.4 Å². The molecule has 4 atom stereocenters. The van der Waals surface area contributed by atoms with E-state index in [1.54, 1.807) is 0 Å². The average Bonchev–Trinajstić information content (AvgIpc) is 2.87. The average molecular weight is 208 g/mol. The van der Waals surface area contributed by atoms with Crippen LogP contribution >= 0.6 is 0 Å². The molecule has 3 aliphatic rings. The van der Waals surface area contributed by atoms with Crippen LogP contribution in [0.2, 0.25) is 0 Å². The van der Waals surface area contributed by atoms with Gasteiger partial charge in [-0.3, -0.25) is 4.79 Å². The fourth-order valence-electron chi connectivity index (χ4n) is 4.70. The van der Waals surface area contributed by atoms with Gasteiger partial charge in [-0.15, -0.1) is 0 Å². The van der Waals surface area contributed by atoms with E-state index in [9.17, 15) is 4.79 Å². The van der Waals surface area contributed by atoms with Crippen LogP contribution in [0.4, 0.5) is 0 Å². The maximum absolute atomic E-state index is 10.9. The highest BCUT2D eigenvalue weighted by atomic mass is 16.5. The maximum atomic E-state index is 10.9. The third-order valence-corrected chi connectivity index (χ3v) is 5.21. The lowest BCUT2D eigenvalue weighted by molar-refractivity contribution is -0.145. The minimum absolute atomic E-state index is 0.103. The van der Waals surface area contributed by atoms with Crippen molar-refractivity contribution in [3.8, 4) is 0 Å². The number of carbonyl (C=O) groups is 1. The molecule has 0 saturated heterocycles. The van der Waals surface area contributed by atoms with E-state index in [1.807, 2.05) is 0 Å². The van der Waals surface area contributed by atoms with Gasteiger partial charge in [0.05, 0.1) is 6.61 Å². The number of fused-ring (bicyclic) bond motifs is 5.